The van der Waals surface area contributed by atoms with E-state index in [0.29, 0.717) is 26.8 Å². The van der Waals surface area contributed by atoms with Gasteiger partial charge in [-0.1, -0.05) is 52.5 Å². The van der Waals surface area contributed by atoms with E-state index >= 15 is 0 Å². The van der Waals surface area contributed by atoms with E-state index in [0.717, 1.165) is 4.57 Å². The number of aromatic nitrogens is 2. The molecule has 4 nitrogen and oxygen atoms in total. The summed E-state index contributed by atoms with van der Waals surface area (Å²) in [6.07, 6.45) is 0. The van der Waals surface area contributed by atoms with Crippen LogP contribution in [0.1, 0.15) is 10.4 Å². The first-order valence-electron chi connectivity index (χ1n) is 8.06. The first-order valence-corrected chi connectivity index (χ1v) is 9.57. The number of halogens is 4. The van der Waals surface area contributed by atoms with Gasteiger partial charge < -0.3 is 0 Å². The molecule has 0 N–H and O–H groups in total. The van der Waals surface area contributed by atoms with Gasteiger partial charge in [-0.3, -0.25) is 9.36 Å². The Hall–Kier alpha value is -2.24. The molecule has 28 heavy (non-hydrogen) atoms. The fraction of sp³-hybridized carbons (Fsp3) is 0. The smallest absolute Gasteiger partial charge is 0.268 e. The van der Waals surface area contributed by atoms with Crippen molar-refractivity contribution >= 4 is 63.3 Å². The second-order valence-electron chi connectivity index (χ2n) is 5.96. The molecule has 0 radical (unpaired) electrons. The summed E-state index contributed by atoms with van der Waals surface area (Å²) in [4.78, 5) is 26.5. The Bertz CT molecular complexity index is 1270. The van der Waals surface area contributed by atoms with Crippen LogP contribution in [0.15, 0.2) is 65.5 Å². The molecule has 140 valence electrons. The van der Waals surface area contributed by atoms with Gasteiger partial charge in [0, 0.05) is 10.0 Å². The molecule has 4 aromatic rings. The zero-order valence-corrected chi connectivity index (χ0v) is 17.0. The molecule has 0 aliphatic carbocycles. The third kappa shape index (κ3) is 3.12. The van der Waals surface area contributed by atoms with E-state index < -0.39 is 11.6 Å². The molecule has 0 unspecified atom stereocenters. The summed E-state index contributed by atoms with van der Waals surface area (Å²) < 4.78 is 2.42. The average molecular weight is 452 g/mol. The SMILES string of the molecule is O=C(c1c(Cl)cccc1Cl)n1c(=O)n(-c2ccc(Cl)cc2)c2cc(Cl)ccc21. The van der Waals surface area contributed by atoms with Gasteiger partial charge in [0.05, 0.1) is 32.3 Å². The number of carbonyl (C=O) groups excluding carboxylic acids is 1. The Morgan fingerprint density at radius 1 is 0.750 bits per heavy atom. The van der Waals surface area contributed by atoms with E-state index in [4.69, 9.17) is 46.4 Å². The molecule has 0 atom stereocenters. The van der Waals surface area contributed by atoms with E-state index in [1.807, 2.05) is 0 Å². The van der Waals surface area contributed by atoms with Gasteiger partial charge >= 0.3 is 5.69 Å². The maximum absolute atomic E-state index is 13.3. The molecule has 3 aromatic carbocycles. The van der Waals surface area contributed by atoms with Crippen LogP contribution in [0, 0.1) is 0 Å². The number of rotatable bonds is 2. The van der Waals surface area contributed by atoms with E-state index in [9.17, 15) is 9.59 Å². The summed E-state index contributed by atoms with van der Waals surface area (Å²) in [5, 5.41) is 1.27. The average Bonchev–Trinajstić information content (AvgIpc) is 2.93. The summed E-state index contributed by atoms with van der Waals surface area (Å²) in [6, 6.07) is 16.2. The maximum Gasteiger partial charge on any atom is 0.340 e. The number of fused-ring (bicyclic) bond motifs is 1. The lowest BCUT2D eigenvalue weighted by Gasteiger charge is -2.06. The summed E-state index contributed by atoms with van der Waals surface area (Å²) in [6.45, 7) is 0. The molecule has 0 aliphatic heterocycles. The Balaban J connectivity index is 2.05. The Morgan fingerprint density at radius 3 is 2.00 bits per heavy atom. The maximum atomic E-state index is 13.3. The van der Waals surface area contributed by atoms with Crippen LogP contribution in [0.3, 0.4) is 0 Å². The van der Waals surface area contributed by atoms with Gasteiger partial charge in [-0.15, -0.1) is 0 Å². The Labute approximate surface area is 179 Å². The molecule has 1 heterocycles. The zero-order valence-electron chi connectivity index (χ0n) is 14.0. The number of hydrogen-bond donors (Lipinski definition) is 0. The van der Waals surface area contributed by atoms with Gasteiger partial charge in [0.1, 0.15) is 0 Å². The van der Waals surface area contributed by atoms with Crippen molar-refractivity contribution in [3.05, 3.63) is 96.8 Å². The van der Waals surface area contributed by atoms with Crippen LogP contribution in [-0.2, 0) is 0 Å². The van der Waals surface area contributed by atoms with Crippen molar-refractivity contribution in [2.45, 2.75) is 0 Å². The van der Waals surface area contributed by atoms with Gasteiger partial charge in [-0.2, -0.15) is 0 Å². The molecule has 0 saturated heterocycles. The number of imidazole rings is 1. The Kier molecular flexibility index (Phi) is 4.98. The predicted molar refractivity (Wildman–Crippen MR) is 114 cm³/mol. The number of carbonyl (C=O) groups is 1. The molecule has 0 fully saturated rings. The first kappa shape index (κ1) is 19.1. The third-order valence-electron chi connectivity index (χ3n) is 4.27. The molecule has 4 rings (SSSR count). The minimum absolute atomic E-state index is 0.0537. The summed E-state index contributed by atoms with van der Waals surface area (Å²) in [5.74, 6) is -0.624. The van der Waals surface area contributed by atoms with Gasteiger partial charge in [0.25, 0.3) is 5.91 Å². The van der Waals surface area contributed by atoms with Crippen molar-refractivity contribution in [1.82, 2.24) is 9.13 Å². The zero-order chi connectivity index (χ0) is 20.0. The Morgan fingerprint density at radius 2 is 1.36 bits per heavy atom. The van der Waals surface area contributed by atoms with Crippen LogP contribution < -0.4 is 5.69 Å². The minimum Gasteiger partial charge on any atom is -0.268 e. The highest BCUT2D eigenvalue weighted by Crippen LogP contribution is 2.28. The molecular formula is C20H10Cl4N2O2. The van der Waals surface area contributed by atoms with E-state index in [2.05, 4.69) is 0 Å². The highest BCUT2D eigenvalue weighted by atomic mass is 35.5. The molecule has 8 heteroatoms. The summed E-state index contributed by atoms with van der Waals surface area (Å²) in [7, 11) is 0. The van der Waals surface area contributed by atoms with Crippen LogP contribution in [0.5, 0.6) is 0 Å². The van der Waals surface area contributed by atoms with Crippen molar-refractivity contribution in [2.24, 2.45) is 0 Å². The van der Waals surface area contributed by atoms with Gasteiger partial charge in [-0.05, 0) is 54.6 Å². The van der Waals surface area contributed by atoms with Crippen molar-refractivity contribution in [2.75, 3.05) is 0 Å². The summed E-state index contributed by atoms with van der Waals surface area (Å²) in [5.41, 5.74) is 0.874. The highest BCUT2D eigenvalue weighted by molar-refractivity contribution is 6.40. The molecule has 0 spiro atoms. The molecule has 1 aromatic heterocycles. The van der Waals surface area contributed by atoms with Crippen LogP contribution in [0.4, 0.5) is 0 Å². The van der Waals surface area contributed by atoms with Crippen LogP contribution in [0.2, 0.25) is 20.1 Å². The number of nitrogens with zero attached hydrogens (tertiary/aromatic N) is 2. The second-order valence-corrected chi connectivity index (χ2v) is 7.65. The largest absolute Gasteiger partial charge is 0.340 e. The predicted octanol–water partition coefficient (Wildman–Crippen LogP) is 6.09. The standard InChI is InChI=1S/C20H10Cl4N2O2/c21-11-4-7-13(8-5-11)25-17-10-12(22)6-9-16(17)26(20(25)28)19(27)18-14(23)2-1-3-15(18)24/h1-10H. The number of benzene rings is 3. The van der Waals surface area contributed by atoms with Crippen LogP contribution in [-0.4, -0.2) is 15.0 Å². The van der Waals surface area contributed by atoms with Gasteiger partial charge in [0.2, 0.25) is 0 Å². The van der Waals surface area contributed by atoms with Crippen LogP contribution >= 0.6 is 46.4 Å². The van der Waals surface area contributed by atoms with Gasteiger partial charge in [-0.25, -0.2) is 9.36 Å². The highest BCUT2D eigenvalue weighted by Gasteiger charge is 2.24. The van der Waals surface area contributed by atoms with Gasteiger partial charge in [0.15, 0.2) is 0 Å². The molecule has 0 amide bonds. The van der Waals surface area contributed by atoms with E-state index in [-0.39, 0.29) is 15.6 Å². The molecular weight excluding hydrogens is 442 g/mol. The van der Waals surface area contributed by atoms with Crippen molar-refractivity contribution in [3.8, 4) is 5.69 Å². The van der Waals surface area contributed by atoms with Crippen molar-refractivity contribution in [1.29, 1.82) is 0 Å². The lowest BCUT2D eigenvalue weighted by molar-refractivity contribution is 0.0961. The molecule has 0 aliphatic rings. The lowest BCUT2D eigenvalue weighted by atomic mass is 10.2. The van der Waals surface area contributed by atoms with Crippen LogP contribution in [0.25, 0.3) is 16.7 Å². The topological polar surface area (TPSA) is 44.0 Å². The van der Waals surface area contributed by atoms with Crippen molar-refractivity contribution in [3.63, 3.8) is 0 Å². The monoisotopic (exact) mass is 450 g/mol. The lowest BCUT2D eigenvalue weighted by Crippen LogP contribution is -2.29. The molecule has 0 bridgehead atoms. The second kappa shape index (κ2) is 7.30. The fourth-order valence-electron chi connectivity index (χ4n) is 3.02. The van der Waals surface area contributed by atoms with Crippen molar-refractivity contribution < 1.29 is 4.79 Å². The fourth-order valence-corrected chi connectivity index (χ4v) is 3.87. The third-order valence-corrected chi connectivity index (χ3v) is 5.38. The number of hydrogen-bond acceptors (Lipinski definition) is 2. The van der Waals surface area contributed by atoms with E-state index in [1.54, 1.807) is 60.7 Å². The molecule has 0 saturated carbocycles. The normalized spacial score (nSPS) is 11.1. The first-order chi connectivity index (χ1) is 13.4. The minimum atomic E-state index is -0.624. The quantitative estimate of drug-likeness (QED) is 0.369. The summed E-state index contributed by atoms with van der Waals surface area (Å²) >= 11 is 24.5. The van der Waals surface area contributed by atoms with E-state index in [1.165, 1.54) is 4.57 Å².